The van der Waals surface area contributed by atoms with Gasteiger partial charge in [-0.15, -0.1) is 0 Å². The molecule has 1 heterocycles. The highest BCUT2D eigenvalue weighted by Gasteiger charge is 2.18. The van der Waals surface area contributed by atoms with Crippen LogP contribution in [0.2, 0.25) is 5.02 Å². The maximum atomic E-state index is 13.1. The number of halogens is 2. The summed E-state index contributed by atoms with van der Waals surface area (Å²) in [6.45, 7) is 1.60. The Bertz CT molecular complexity index is 705. The second-order valence-corrected chi connectivity index (χ2v) is 5.70. The van der Waals surface area contributed by atoms with E-state index >= 15 is 0 Å². The van der Waals surface area contributed by atoms with E-state index in [2.05, 4.69) is 22.3 Å². The van der Waals surface area contributed by atoms with Crippen LogP contribution in [0.1, 0.15) is 12.0 Å². The Morgan fingerprint density at radius 1 is 1.27 bits per heavy atom. The van der Waals surface area contributed by atoms with Crippen molar-refractivity contribution < 1.29 is 9.18 Å². The van der Waals surface area contributed by atoms with Crippen molar-refractivity contribution in [2.24, 2.45) is 0 Å². The molecule has 0 spiro atoms. The zero-order chi connectivity index (χ0) is 15.5. The van der Waals surface area contributed by atoms with E-state index in [4.69, 9.17) is 11.6 Å². The Morgan fingerprint density at radius 2 is 2.09 bits per heavy atom. The fraction of sp³-hybridized carbons (Fsp3) is 0.235. The summed E-state index contributed by atoms with van der Waals surface area (Å²) in [7, 11) is 0. The number of carbonyl (C=O) groups excluding carboxylic acids is 1. The zero-order valence-electron chi connectivity index (χ0n) is 12.0. The lowest BCUT2D eigenvalue weighted by Crippen LogP contribution is -2.26. The summed E-state index contributed by atoms with van der Waals surface area (Å²) in [6, 6.07) is 12.4. The maximum absolute atomic E-state index is 13.1. The summed E-state index contributed by atoms with van der Waals surface area (Å²) in [5.41, 5.74) is 3.05. The molecule has 114 valence electrons. The van der Waals surface area contributed by atoms with Gasteiger partial charge in [-0.3, -0.25) is 4.79 Å². The van der Waals surface area contributed by atoms with E-state index in [1.165, 1.54) is 29.4 Å². The molecule has 2 aromatic rings. The lowest BCUT2D eigenvalue weighted by Gasteiger charge is -2.19. The molecule has 0 saturated heterocycles. The molecular formula is C17H16ClFN2O. The van der Waals surface area contributed by atoms with Crippen molar-refractivity contribution in [2.75, 3.05) is 23.3 Å². The molecule has 5 heteroatoms. The molecule has 3 rings (SSSR count). The Kier molecular flexibility index (Phi) is 4.29. The molecule has 1 N–H and O–H groups in total. The number of amides is 1. The van der Waals surface area contributed by atoms with Crippen molar-refractivity contribution in [1.29, 1.82) is 0 Å². The van der Waals surface area contributed by atoms with E-state index in [1.807, 2.05) is 12.1 Å². The third-order valence-electron chi connectivity index (χ3n) is 3.80. The molecule has 1 aliphatic rings. The monoisotopic (exact) mass is 318 g/mol. The van der Waals surface area contributed by atoms with Crippen molar-refractivity contribution in [3.05, 3.63) is 58.9 Å². The number of nitrogens with one attached hydrogen (secondary N) is 1. The van der Waals surface area contributed by atoms with E-state index < -0.39 is 5.82 Å². The molecule has 3 nitrogen and oxygen atoms in total. The second kappa shape index (κ2) is 6.36. The third kappa shape index (κ3) is 3.22. The third-order valence-corrected chi connectivity index (χ3v) is 4.09. The Hall–Kier alpha value is -2.07. The normalized spacial score (nSPS) is 13.1. The van der Waals surface area contributed by atoms with Crippen LogP contribution < -0.4 is 10.2 Å². The number of nitrogens with zero attached hydrogens (tertiary/aromatic N) is 1. The molecule has 0 aromatic heterocycles. The standard InChI is InChI=1S/C17H16ClFN2O/c18-14-11-13(5-6-15(14)19)20-17(22)8-10-21-9-7-12-3-1-2-4-16(12)21/h1-6,11H,7-10H2,(H,20,22). The van der Waals surface area contributed by atoms with Gasteiger partial charge in [0, 0.05) is 30.9 Å². The molecular weight excluding hydrogens is 303 g/mol. The number of benzene rings is 2. The van der Waals surface area contributed by atoms with Crippen LogP contribution in [0.25, 0.3) is 0 Å². The minimum Gasteiger partial charge on any atom is -0.370 e. The van der Waals surface area contributed by atoms with Gasteiger partial charge in [0.2, 0.25) is 5.91 Å². The lowest BCUT2D eigenvalue weighted by molar-refractivity contribution is -0.116. The Morgan fingerprint density at radius 3 is 2.91 bits per heavy atom. The van der Waals surface area contributed by atoms with E-state index in [-0.39, 0.29) is 10.9 Å². The summed E-state index contributed by atoms with van der Waals surface area (Å²) in [5, 5.41) is 2.75. The highest BCUT2D eigenvalue weighted by molar-refractivity contribution is 6.31. The van der Waals surface area contributed by atoms with Gasteiger partial charge in [0.1, 0.15) is 5.82 Å². The van der Waals surface area contributed by atoms with Crippen LogP contribution in [-0.4, -0.2) is 19.0 Å². The fourth-order valence-electron chi connectivity index (χ4n) is 2.67. The first-order valence-corrected chi connectivity index (χ1v) is 7.59. The highest BCUT2D eigenvalue weighted by Crippen LogP contribution is 2.27. The van der Waals surface area contributed by atoms with Crippen molar-refractivity contribution >= 4 is 28.9 Å². The number of hydrogen-bond acceptors (Lipinski definition) is 2. The van der Waals surface area contributed by atoms with Gasteiger partial charge >= 0.3 is 0 Å². The number of rotatable bonds is 4. The average molecular weight is 319 g/mol. The number of para-hydroxylation sites is 1. The fourth-order valence-corrected chi connectivity index (χ4v) is 2.85. The van der Waals surface area contributed by atoms with Gasteiger partial charge in [0.05, 0.1) is 5.02 Å². The van der Waals surface area contributed by atoms with Crippen molar-refractivity contribution in [3.8, 4) is 0 Å². The molecule has 0 unspecified atom stereocenters. The molecule has 0 saturated carbocycles. The molecule has 0 aliphatic carbocycles. The topological polar surface area (TPSA) is 32.3 Å². The maximum Gasteiger partial charge on any atom is 0.226 e. The molecule has 0 radical (unpaired) electrons. The van der Waals surface area contributed by atoms with Crippen LogP contribution in [0, 0.1) is 5.82 Å². The van der Waals surface area contributed by atoms with Crippen LogP contribution in [0.5, 0.6) is 0 Å². The summed E-state index contributed by atoms with van der Waals surface area (Å²) in [5.74, 6) is -0.597. The summed E-state index contributed by atoms with van der Waals surface area (Å²) in [6.07, 6.45) is 1.40. The van der Waals surface area contributed by atoms with Crippen molar-refractivity contribution in [3.63, 3.8) is 0 Å². The molecule has 22 heavy (non-hydrogen) atoms. The highest BCUT2D eigenvalue weighted by atomic mass is 35.5. The van der Waals surface area contributed by atoms with Crippen LogP contribution in [-0.2, 0) is 11.2 Å². The predicted molar refractivity (Wildman–Crippen MR) is 87.0 cm³/mol. The lowest BCUT2D eigenvalue weighted by atomic mass is 10.2. The number of carbonyl (C=O) groups is 1. The van der Waals surface area contributed by atoms with Crippen LogP contribution in [0.4, 0.5) is 15.8 Å². The number of anilines is 2. The zero-order valence-corrected chi connectivity index (χ0v) is 12.7. The molecule has 0 fully saturated rings. The van der Waals surface area contributed by atoms with Crippen LogP contribution >= 0.6 is 11.6 Å². The molecule has 0 bridgehead atoms. The molecule has 2 aromatic carbocycles. The first-order valence-electron chi connectivity index (χ1n) is 7.21. The van der Waals surface area contributed by atoms with Crippen molar-refractivity contribution in [2.45, 2.75) is 12.8 Å². The van der Waals surface area contributed by atoms with Crippen molar-refractivity contribution in [1.82, 2.24) is 0 Å². The first-order chi connectivity index (χ1) is 10.6. The molecule has 1 aliphatic heterocycles. The Labute approximate surface area is 133 Å². The van der Waals surface area contributed by atoms with Gasteiger partial charge in [-0.2, -0.15) is 0 Å². The SMILES string of the molecule is O=C(CCN1CCc2ccccc21)Nc1ccc(F)c(Cl)c1. The van der Waals surface area contributed by atoms with Gasteiger partial charge < -0.3 is 10.2 Å². The number of hydrogen-bond donors (Lipinski definition) is 1. The Balaban J connectivity index is 1.56. The quantitative estimate of drug-likeness (QED) is 0.928. The van der Waals surface area contributed by atoms with Crippen LogP contribution in [0.3, 0.4) is 0 Å². The largest absolute Gasteiger partial charge is 0.370 e. The van der Waals surface area contributed by atoms with Gasteiger partial charge in [-0.05, 0) is 36.2 Å². The van der Waals surface area contributed by atoms with E-state index in [1.54, 1.807) is 0 Å². The summed E-state index contributed by atoms with van der Waals surface area (Å²) >= 11 is 5.70. The second-order valence-electron chi connectivity index (χ2n) is 5.29. The predicted octanol–water partition coefficient (Wildman–Crippen LogP) is 3.87. The summed E-state index contributed by atoms with van der Waals surface area (Å²) in [4.78, 5) is 14.2. The van der Waals surface area contributed by atoms with Gasteiger partial charge in [0.25, 0.3) is 0 Å². The average Bonchev–Trinajstić information content (AvgIpc) is 2.92. The van der Waals surface area contributed by atoms with E-state index in [9.17, 15) is 9.18 Å². The van der Waals surface area contributed by atoms with Gasteiger partial charge in [-0.1, -0.05) is 29.8 Å². The minimum absolute atomic E-state index is 0.00581. The minimum atomic E-state index is -0.492. The number of fused-ring (bicyclic) bond motifs is 1. The van der Waals surface area contributed by atoms with E-state index in [0.29, 0.717) is 18.7 Å². The molecule has 0 atom stereocenters. The van der Waals surface area contributed by atoms with E-state index in [0.717, 1.165) is 13.0 Å². The van der Waals surface area contributed by atoms with Gasteiger partial charge in [-0.25, -0.2) is 4.39 Å². The first kappa shape index (κ1) is 14.9. The van der Waals surface area contributed by atoms with Gasteiger partial charge in [0.15, 0.2) is 0 Å². The summed E-state index contributed by atoms with van der Waals surface area (Å²) < 4.78 is 13.1. The van der Waals surface area contributed by atoms with Crippen LogP contribution in [0.15, 0.2) is 42.5 Å². The smallest absolute Gasteiger partial charge is 0.226 e. The molecule has 1 amide bonds.